The minimum atomic E-state index is -0.192. The fourth-order valence-corrected chi connectivity index (χ4v) is 2.33. The number of aryl methyl sites for hydroxylation is 1. The Hall–Kier alpha value is -3.15. The Morgan fingerprint density at radius 2 is 2.04 bits per heavy atom. The second kappa shape index (κ2) is 6.31. The lowest BCUT2D eigenvalue weighted by molar-refractivity contribution is 0.102. The highest BCUT2D eigenvalue weighted by molar-refractivity contribution is 6.05. The average Bonchev–Trinajstić information content (AvgIpc) is 3.09. The lowest BCUT2D eigenvalue weighted by Gasteiger charge is -2.11. The predicted octanol–water partition coefficient (Wildman–Crippen LogP) is 2.84. The highest BCUT2D eigenvalue weighted by Gasteiger charge is 2.11. The van der Waals surface area contributed by atoms with Gasteiger partial charge in [0.15, 0.2) is 0 Å². The SMILES string of the molecule is COc1ccccc1NC(=O)c1ccc(-n2cncn2)c(C)c1. The number of nitrogens with one attached hydrogen (secondary N) is 1. The molecular formula is C17H16N4O2. The highest BCUT2D eigenvalue weighted by Crippen LogP contribution is 2.24. The summed E-state index contributed by atoms with van der Waals surface area (Å²) in [4.78, 5) is 16.4. The number of methoxy groups -OCH3 is 1. The van der Waals surface area contributed by atoms with Crippen LogP contribution >= 0.6 is 0 Å². The molecule has 0 saturated carbocycles. The maximum atomic E-state index is 12.4. The molecule has 0 aliphatic rings. The summed E-state index contributed by atoms with van der Waals surface area (Å²) in [6.45, 7) is 1.93. The van der Waals surface area contributed by atoms with Crippen molar-refractivity contribution < 1.29 is 9.53 Å². The first kappa shape index (κ1) is 14.8. The van der Waals surface area contributed by atoms with Crippen molar-refractivity contribution in [3.8, 4) is 11.4 Å². The number of aromatic nitrogens is 3. The molecule has 0 bridgehead atoms. The Balaban J connectivity index is 1.84. The topological polar surface area (TPSA) is 69.0 Å². The third-order valence-electron chi connectivity index (χ3n) is 3.48. The van der Waals surface area contributed by atoms with Gasteiger partial charge < -0.3 is 10.1 Å². The van der Waals surface area contributed by atoms with Crippen LogP contribution in [0.1, 0.15) is 15.9 Å². The van der Waals surface area contributed by atoms with E-state index in [1.807, 2.05) is 31.2 Å². The van der Waals surface area contributed by atoms with E-state index in [0.29, 0.717) is 17.0 Å². The van der Waals surface area contributed by atoms with Crippen LogP contribution in [0.3, 0.4) is 0 Å². The molecule has 6 heteroatoms. The van der Waals surface area contributed by atoms with E-state index in [0.717, 1.165) is 11.3 Å². The van der Waals surface area contributed by atoms with Gasteiger partial charge in [-0.15, -0.1) is 0 Å². The normalized spacial score (nSPS) is 10.3. The number of benzene rings is 2. The zero-order valence-corrected chi connectivity index (χ0v) is 12.9. The fourth-order valence-electron chi connectivity index (χ4n) is 2.33. The summed E-state index contributed by atoms with van der Waals surface area (Å²) in [7, 11) is 1.57. The number of carbonyl (C=O) groups excluding carboxylic acids is 1. The molecule has 0 aliphatic heterocycles. The lowest BCUT2D eigenvalue weighted by atomic mass is 10.1. The maximum absolute atomic E-state index is 12.4. The van der Waals surface area contributed by atoms with Gasteiger partial charge in [0.2, 0.25) is 0 Å². The van der Waals surface area contributed by atoms with Crippen molar-refractivity contribution in [1.82, 2.24) is 14.8 Å². The minimum Gasteiger partial charge on any atom is -0.495 e. The Labute approximate surface area is 133 Å². The third-order valence-corrected chi connectivity index (χ3v) is 3.48. The van der Waals surface area contributed by atoms with Crippen molar-refractivity contribution >= 4 is 11.6 Å². The molecule has 6 nitrogen and oxygen atoms in total. The molecule has 0 spiro atoms. The average molecular weight is 308 g/mol. The molecule has 116 valence electrons. The summed E-state index contributed by atoms with van der Waals surface area (Å²) in [5.74, 6) is 0.430. The number of hydrogen-bond acceptors (Lipinski definition) is 4. The van der Waals surface area contributed by atoms with Gasteiger partial charge in [-0.3, -0.25) is 4.79 Å². The molecule has 1 heterocycles. The molecule has 1 N–H and O–H groups in total. The highest BCUT2D eigenvalue weighted by atomic mass is 16.5. The number of amides is 1. The van der Waals surface area contributed by atoms with Gasteiger partial charge in [-0.2, -0.15) is 5.10 Å². The molecule has 3 rings (SSSR count). The monoisotopic (exact) mass is 308 g/mol. The van der Waals surface area contributed by atoms with Crippen molar-refractivity contribution in [2.75, 3.05) is 12.4 Å². The number of ether oxygens (including phenoxy) is 1. The molecule has 0 radical (unpaired) electrons. The standard InChI is InChI=1S/C17H16N4O2/c1-12-9-13(7-8-15(12)21-11-18-10-19-21)17(22)20-14-5-3-4-6-16(14)23-2/h3-11H,1-2H3,(H,20,22). The predicted molar refractivity (Wildman–Crippen MR) is 87.0 cm³/mol. The summed E-state index contributed by atoms with van der Waals surface area (Å²) in [6.07, 6.45) is 3.10. The molecule has 3 aromatic rings. The van der Waals surface area contributed by atoms with Crippen molar-refractivity contribution in [1.29, 1.82) is 0 Å². The van der Waals surface area contributed by atoms with Crippen molar-refractivity contribution in [2.45, 2.75) is 6.92 Å². The molecule has 23 heavy (non-hydrogen) atoms. The second-order valence-electron chi connectivity index (χ2n) is 5.00. The molecule has 0 aliphatic carbocycles. The van der Waals surface area contributed by atoms with Gasteiger partial charge in [-0.1, -0.05) is 12.1 Å². The van der Waals surface area contributed by atoms with Crippen molar-refractivity contribution in [3.63, 3.8) is 0 Å². The van der Waals surface area contributed by atoms with Crippen LogP contribution < -0.4 is 10.1 Å². The first-order valence-corrected chi connectivity index (χ1v) is 7.09. The summed E-state index contributed by atoms with van der Waals surface area (Å²) in [6, 6.07) is 12.7. The van der Waals surface area contributed by atoms with Crippen LogP contribution in [-0.4, -0.2) is 27.8 Å². The van der Waals surface area contributed by atoms with Crippen molar-refractivity contribution in [3.05, 3.63) is 66.2 Å². The van der Waals surface area contributed by atoms with E-state index in [1.165, 1.54) is 6.33 Å². The molecule has 1 amide bonds. The fraction of sp³-hybridized carbons (Fsp3) is 0.118. The molecule has 1 aromatic heterocycles. The van der Waals surface area contributed by atoms with E-state index in [4.69, 9.17) is 4.74 Å². The minimum absolute atomic E-state index is 0.192. The second-order valence-corrected chi connectivity index (χ2v) is 5.00. The first-order chi connectivity index (χ1) is 11.2. The summed E-state index contributed by atoms with van der Waals surface area (Å²) >= 11 is 0. The largest absolute Gasteiger partial charge is 0.495 e. The van der Waals surface area contributed by atoms with Crippen molar-refractivity contribution in [2.24, 2.45) is 0 Å². The van der Waals surface area contributed by atoms with Crippen LogP contribution in [0.15, 0.2) is 55.1 Å². The number of nitrogens with zero attached hydrogens (tertiary/aromatic N) is 3. The van der Waals surface area contributed by atoms with Gasteiger partial charge in [-0.05, 0) is 42.8 Å². The lowest BCUT2D eigenvalue weighted by Crippen LogP contribution is -2.13. The quantitative estimate of drug-likeness (QED) is 0.804. The molecule has 2 aromatic carbocycles. The zero-order valence-electron chi connectivity index (χ0n) is 12.9. The van der Waals surface area contributed by atoms with Gasteiger partial charge in [0, 0.05) is 5.56 Å². The molecule has 0 fully saturated rings. The van der Waals surface area contributed by atoms with E-state index in [-0.39, 0.29) is 5.91 Å². The van der Waals surface area contributed by atoms with Crippen LogP contribution in [0.2, 0.25) is 0 Å². The number of carbonyl (C=O) groups is 1. The van der Waals surface area contributed by atoms with Gasteiger partial charge in [-0.25, -0.2) is 9.67 Å². The van der Waals surface area contributed by atoms with Gasteiger partial charge in [0.1, 0.15) is 18.4 Å². The Morgan fingerprint density at radius 1 is 1.22 bits per heavy atom. The van der Waals surface area contributed by atoms with Crippen LogP contribution in [0.5, 0.6) is 5.75 Å². The smallest absolute Gasteiger partial charge is 0.255 e. The Morgan fingerprint density at radius 3 is 2.74 bits per heavy atom. The van der Waals surface area contributed by atoms with E-state index in [9.17, 15) is 4.79 Å². The molecule has 0 atom stereocenters. The third kappa shape index (κ3) is 3.06. The molecule has 0 unspecified atom stereocenters. The Kier molecular flexibility index (Phi) is 4.05. The summed E-state index contributed by atoms with van der Waals surface area (Å²) < 4.78 is 6.90. The van der Waals surface area contributed by atoms with E-state index >= 15 is 0 Å². The van der Waals surface area contributed by atoms with Crippen LogP contribution in [0.4, 0.5) is 5.69 Å². The van der Waals surface area contributed by atoms with E-state index < -0.39 is 0 Å². The molecule has 0 saturated heterocycles. The zero-order chi connectivity index (χ0) is 16.2. The first-order valence-electron chi connectivity index (χ1n) is 7.09. The van der Waals surface area contributed by atoms with Crippen LogP contribution in [0.25, 0.3) is 5.69 Å². The number of rotatable bonds is 4. The van der Waals surface area contributed by atoms with Crippen LogP contribution in [0, 0.1) is 6.92 Å². The van der Waals surface area contributed by atoms with E-state index in [1.54, 1.807) is 36.3 Å². The van der Waals surface area contributed by atoms with Crippen LogP contribution in [-0.2, 0) is 0 Å². The van der Waals surface area contributed by atoms with Gasteiger partial charge in [0.05, 0.1) is 18.5 Å². The number of anilines is 1. The Bertz CT molecular complexity index is 828. The number of hydrogen-bond donors (Lipinski definition) is 1. The molecular weight excluding hydrogens is 292 g/mol. The number of para-hydroxylation sites is 2. The maximum Gasteiger partial charge on any atom is 0.255 e. The van der Waals surface area contributed by atoms with Gasteiger partial charge in [0.25, 0.3) is 5.91 Å². The van der Waals surface area contributed by atoms with E-state index in [2.05, 4.69) is 15.4 Å². The summed E-state index contributed by atoms with van der Waals surface area (Å²) in [5, 5.41) is 6.96. The van der Waals surface area contributed by atoms with Gasteiger partial charge >= 0.3 is 0 Å². The summed E-state index contributed by atoms with van der Waals surface area (Å²) in [5.41, 5.74) is 3.02.